The summed E-state index contributed by atoms with van der Waals surface area (Å²) in [5, 5.41) is 7.91. The van der Waals surface area contributed by atoms with Gasteiger partial charge in [0.2, 0.25) is 5.89 Å². The fourth-order valence-corrected chi connectivity index (χ4v) is 2.65. The van der Waals surface area contributed by atoms with Gasteiger partial charge in [-0.2, -0.15) is 0 Å². The highest BCUT2D eigenvalue weighted by Gasteiger charge is 2.21. The van der Waals surface area contributed by atoms with Gasteiger partial charge >= 0.3 is 5.97 Å². The number of esters is 1. The van der Waals surface area contributed by atoms with Crippen molar-refractivity contribution in [2.45, 2.75) is 20.0 Å². The Morgan fingerprint density at radius 3 is 2.60 bits per heavy atom. The lowest BCUT2D eigenvalue weighted by Gasteiger charge is -2.10. The molecular weight excluding hydrogens is 391 g/mol. The van der Waals surface area contributed by atoms with E-state index in [0.29, 0.717) is 10.4 Å². The Bertz CT molecular complexity index is 909. The van der Waals surface area contributed by atoms with E-state index in [4.69, 9.17) is 9.15 Å². The van der Waals surface area contributed by atoms with Gasteiger partial charge in [-0.1, -0.05) is 17.7 Å². The molecule has 2 aromatic carbocycles. The highest BCUT2D eigenvalue weighted by molar-refractivity contribution is 9.10. The van der Waals surface area contributed by atoms with Crippen LogP contribution in [0.1, 0.15) is 34.8 Å². The second-order valence-electron chi connectivity index (χ2n) is 5.48. The van der Waals surface area contributed by atoms with E-state index in [1.165, 1.54) is 18.2 Å². The van der Waals surface area contributed by atoms with Crippen LogP contribution >= 0.6 is 15.9 Å². The minimum absolute atomic E-state index is 0.183. The Balaban J connectivity index is 1.74. The van der Waals surface area contributed by atoms with Crippen molar-refractivity contribution in [3.63, 3.8) is 0 Å². The van der Waals surface area contributed by atoms with Crippen LogP contribution in [0.15, 0.2) is 51.4 Å². The molecule has 0 amide bonds. The van der Waals surface area contributed by atoms with E-state index < -0.39 is 17.9 Å². The van der Waals surface area contributed by atoms with Crippen molar-refractivity contribution in [2.75, 3.05) is 0 Å². The number of carbonyl (C=O) groups is 1. The van der Waals surface area contributed by atoms with Crippen LogP contribution in [0.4, 0.5) is 4.39 Å². The number of nitrogens with zero attached hydrogens (tertiary/aromatic N) is 2. The molecule has 3 rings (SSSR count). The molecule has 0 aliphatic rings. The minimum Gasteiger partial charge on any atom is -0.449 e. The van der Waals surface area contributed by atoms with E-state index in [1.54, 1.807) is 6.92 Å². The summed E-state index contributed by atoms with van der Waals surface area (Å²) in [6.45, 7) is 3.61. The van der Waals surface area contributed by atoms with Crippen LogP contribution in [-0.4, -0.2) is 16.2 Å². The summed E-state index contributed by atoms with van der Waals surface area (Å²) >= 11 is 3.14. The molecule has 0 unspecified atom stereocenters. The van der Waals surface area contributed by atoms with Gasteiger partial charge in [-0.15, -0.1) is 10.2 Å². The molecule has 0 spiro atoms. The lowest BCUT2D eigenvalue weighted by molar-refractivity contribution is 0.0278. The summed E-state index contributed by atoms with van der Waals surface area (Å²) in [5.41, 5.74) is 2.12. The third-order valence-corrected chi connectivity index (χ3v) is 4.18. The van der Waals surface area contributed by atoms with Crippen molar-refractivity contribution in [1.29, 1.82) is 0 Å². The van der Waals surface area contributed by atoms with Crippen molar-refractivity contribution in [3.05, 3.63) is 69.8 Å². The summed E-state index contributed by atoms with van der Waals surface area (Å²) in [6, 6.07) is 11.4. The average molecular weight is 405 g/mol. The highest BCUT2D eigenvalue weighted by Crippen LogP contribution is 2.25. The first kappa shape index (κ1) is 17.3. The Labute approximate surface area is 152 Å². The topological polar surface area (TPSA) is 65.2 Å². The number of rotatable bonds is 4. The summed E-state index contributed by atoms with van der Waals surface area (Å²) in [7, 11) is 0. The van der Waals surface area contributed by atoms with Gasteiger partial charge in [-0.3, -0.25) is 0 Å². The number of ether oxygens (including phenoxy) is 1. The predicted octanol–water partition coefficient (Wildman–Crippen LogP) is 4.86. The predicted molar refractivity (Wildman–Crippen MR) is 92.4 cm³/mol. The second kappa shape index (κ2) is 7.14. The molecule has 0 aliphatic heterocycles. The summed E-state index contributed by atoms with van der Waals surface area (Å²) < 4.78 is 24.3. The highest BCUT2D eigenvalue weighted by atomic mass is 79.9. The van der Waals surface area contributed by atoms with Gasteiger partial charge in [-0.05, 0) is 60.1 Å². The van der Waals surface area contributed by atoms with E-state index in [-0.39, 0.29) is 11.5 Å². The fraction of sp³-hybridized carbons (Fsp3) is 0.167. The molecule has 0 radical (unpaired) electrons. The maximum atomic E-state index is 13.1. The van der Waals surface area contributed by atoms with E-state index >= 15 is 0 Å². The first-order chi connectivity index (χ1) is 11.9. The van der Waals surface area contributed by atoms with Gasteiger partial charge in [0, 0.05) is 10.0 Å². The van der Waals surface area contributed by atoms with E-state index in [1.807, 2.05) is 31.2 Å². The van der Waals surface area contributed by atoms with Crippen molar-refractivity contribution in [2.24, 2.45) is 0 Å². The maximum Gasteiger partial charge on any atom is 0.340 e. The lowest BCUT2D eigenvalue weighted by Crippen LogP contribution is -2.10. The SMILES string of the molecule is Cc1ccc(-c2nnc([C@H](C)OC(=O)c3ccc(F)cc3Br)o2)cc1. The van der Waals surface area contributed by atoms with Gasteiger partial charge in [0.05, 0.1) is 5.56 Å². The molecule has 0 fully saturated rings. The maximum absolute atomic E-state index is 13.1. The number of hydrogen-bond donors (Lipinski definition) is 0. The first-order valence-corrected chi connectivity index (χ1v) is 8.30. The molecule has 1 atom stereocenters. The molecular formula is C18H14BrFN2O3. The molecule has 128 valence electrons. The van der Waals surface area contributed by atoms with Gasteiger partial charge in [0.15, 0.2) is 6.10 Å². The van der Waals surface area contributed by atoms with Gasteiger partial charge in [0.25, 0.3) is 5.89 Å². The van der Waals surface area contributed by atoms with Crippen LogP contribution in [0, 0.1) is 12.7 Å². The molecule has 5 nitrogen and oxygen atoms in total. The van der Waals surface area contributed by atoms with Crippen molar-refractivity contribution >= 4 is 21.9 Å². The summed E-state index contributed by atoms with van der Waals surface area (Å²) in [4.78, 5) is 12.2. The molecule has 0 aliphatic carbocycles. The molecule has 0 bridgehead atoms. The van der Waals surface area contributed by atoms with E-state index in [9.17, 15) is 9.18 Å². The molecule has 7 heteroatoms. The molecule has 0 N–H and O–H groups in total. The van der Waals surface area contributed by atoms with Crippen LogP contribution in [-0.2, 0) is 4.74 Å². The van der Waals surface area contributed by atoms with Gasteiger partial charge in [-0.25, -0.2) is 9.18 Å². The van der Waals surface area contributed by atoms with Crippen LogP contribution in [0.25, 0.3) is 11.5 Å². The van der Waals surface area contributed by atoms with Crippen LogP contribution in [0.5, 0.6) is 0 Å². The van der Waals surface area contributed by atoms with Crippen molar-refractivity contribution < 1.29 is 18.3 Å². The van der Waals surface area contributed by atoms with Crippen LogP contribution < -0.4 is 0 Å². The Morgan fingerprint density at radius 2 is 1.92 bits per heavy atom. The molecule has 1 aromatic heterocycles. The molecule has 0 saturated heterocycles. The van der Waals surface area contributed by atoms with Crippen LogP contribution in [0.3, 0.4) is 0 Å². The monoisotopic (exact) mass is 404 g/mol. The summed E-state index contributed by atoms with van der Waals surface area (Å²) in [5.74, 6) is -0.534. The number of carbonyl (C=O) groups excluding carboxylic acids is 1. The Hall–Kier alpha value is -2.54. The molecule has 0 saturated carbocycles. The molecule has 1 heterocycles. The van der Waals surface area contributed by atoms with Crippen molar-refractivity contribution in [3.8, 4) is 11.5 Å². The zero-order valence-corrected chi connectivity index (χ0v) is 15.1. The van der Waals surface area contributed by atoms with Crippen LogP contribution in [0.2, 0.25) is 0 Å². The van der Waals surface area contributed by atoms with Gasteiger partial charge in [0.1, 0.15) is 5.82 Å². The number of hydrogen-bond acceptors (Lipinski definition) is 5. The smallest absolute Gasteiger partial charge is 0.340 e. The lowest BCUT2D eigenvalue weighted by atomic mass is 10.1. The number of aryl methyl sites for hydroxylation is 1. The third kappa shape index (κ3) is 3.93. The normalized spacial score (nSPS) is 12.0. The van der Waals surface area contributed by atoms with E-state index in [2.05, 4.69) is 26.1 Å². The number of halogens is 2. The van der Waals surface area contributed by atoms with Gasteiger partial charge < -0.3 is 9.15 Å². The number of aromatic nitrogens is 2. The zero-order valence-electron chi connectivity index (χ0n) is 13.5. The second-order valence-corrected chi connectivity index (χ2v) is 6.34. The Kier molecular flexibility index (Phi) is 4.94. The first-order valence-electron chi connectivity index (χ1n) is 7.50. The molecule has 25 heavy (non-hydrogen) atoms. The summed E-state index contributed by atoms with van der Waals surface area (Å²) in [6.07, 6.45) is -0.740. The minimum atomic E-state index is -0.740. The quantitative estimate of drug-likeness (QED) is 0.580. The third-order valence-electron chi connectivity index (χ3n) is 3.52. The molecule has 3 aromatic rings. The van der Waals surface area contributed by atoms with Crippen molar-refractivity contribution in [1.82, 2.24) is 10.2 Å². The average Bonchev–Trinajstić information content (AvgIpc) is 3.05. The number of benzene rings is 2. The standard InChI is InChI=1S/C18H14BrFN2O3/c1-10-3-5-12(6-4-10)17-22-21-16(25-17)11(2)24-18(23)14-8-7-13(20)9-15(14)19/h3-9,11H,1-2H3/t11-/m0/s1. The fourth-order valence-electron chi connectivity index (χ4n) is 2.14. The zero-order chi connectivity index (χ0) is 18.0. The largest absolute Gasteiger partial charge is 0.449 e. The Morgan fingerprint density at radius 1 is 1.20 bits per heavy atom. The van der Waals surface area contributed by atoms with E-state index in [0.717, 1.165) is 11.1 Å².